The van der Waals surface area contributed by atoms with Gasteiger partial charge in [-0.3, -0.25) is 14.3 Å². The molecule has 3 N–H and O–H groups in total. The number of nitrogens with one attached hydrogen (secondary N) is 2. The molecule has 0 spiro atoms. The van der Waals surface area contributed by atoms with Gasteiger partial charge in [0, 0.05) is 7.05 Å². The Morgan fingerprint density at radius 3 is 2.40 bits per heavy atom. The zero-order valence-corrected chi connectivity index (χ0v) is 14.8. The molecule has 1 fully saturated rings. The first-order chi connectivity index (χ1) is 11.6. The highest BCUT2D eigenvalue weighted by Crippen LogP contribution is 2.38. The lowest BCUT2D eigenvalue weighted by Crippen LogP contribution is -2.41. The Morgan fingerprint density at radius 1 is 1.24 bits per heavy atom. The Hall–Kier alpha value is -2.17. The maximum atomic E-state index is 11.9. The van der Waals surface area contributed by atoms with Crippen LogP contribution in [-0.2, 0) is 16.4 Å². The molecule has 3 heterocycles. The molecule has 2 aromatic heterocycles. The van der Waals surface area contributed by atoms with Crippen LogP contribution in [0.15, 0.2) is 15.1 Å². The first kappa shape index (κ1) is 17.7. The van der Waals surface area contributed by atoms with Crippen LogP contribution in [0.2, 0.25) is 0 Å². The number of imidazole rings is 1. The van der Waals surface area contributed by atoms with Crippen molar-refractivity contribution in [2.45, 2.75) is 38.9 Å². The molecule has 1 aliphatic rings. The highest BCUT2D eigenvalue weighted by Gasteiger charge is 2.52. The van der Waals surface area contributed by atoms with Gasteiger partial charge < -0.3 is 19.4 Å². The van der Waals surface area contributed by atoms with E-state index in [1.807, 2.05) is 27.7 Å². The molecular formula is C15H21BN4O5. The highest BCUT2D eigenvalue weighted by molar-refractivity contribution is 6.55. The molecule has 0 bridgehead atoms. The van der Waals surface area contributed by atoms with Crippen molar-refractivity contribution in [2.75, 3.05) is 6.61 Å². The normalized spacial score (nSPS) is 19.8. The van der Waals surface area contributed by atoms with E-state index in [1.54, 1.807) is 6.08 Å². The molecule has 10 heteroatoms. The Morgan fingerprint density at radius 2 is 1.84 bits per heavy atom. The third-order valence-corrected chi connectivity index (χ3v) is 4.83. The van der Waals surface area contributed by atoms with Crippen LogP contribution in [-0.4, -0.2) is 49.6 Å². The topological polar surface area (TPSA) is 122 Å². The zero-order valence-electron chi connectivity index (χ0n) is 14.8. The Labute approximate surface area is 143 Å². The van der Waals surface area contributed by atoms with Crippen molar-refractivity contribution in [3.05, 3.63) is 32.1 Å². The Bertz CT molecular complexity index is 952. The summed E-state index contributed by atoms with van der Waals surface area (Å²) in [4.78, 5) is 32.8. The standard InChI is InChI=1S/C15H21BN4O5/c1-14(2)15(3,4)25-16(24-14)8(7-21)6-9-17-10-11(18-9)20(5)13(23)19-12(10)22/h6,21H,7H2,1-5H3,(H,17,18)(H,19,22,23). The van der Waals surface area contributed by atoms with Crippen molar-refractivity contribution in [1.29, 1.82) is 0 Å². The molecular weight excluding hydrogens is 327 g/mol. The van der Waals surface area contributed by atoms with Gasteiger partial charge in [-0.15, -0.1) is 0 Å². The van der Waals surface area contributed by atoms with Crippen molar-refractivity contribution in [1.82, 2.24) is 19.5 Å². The minimum atomic E-state index is -0.731. The third kappa shape index (κ3) is 2.86. The van der Waals surface area contributed by atoms with Gasteiger partial charge in [0.15, 0.2) is 5.65 Å². The fraction of sp³-hybridized carbons (Fsp3) is 0.533. The van der Waals surface area contributed by atoms with Crippen molar-refractivity contribution >= 4 is 24.4 Å². The molecule has 0 aliphatic carbocycles. The van der Waals surface area contributed by atoms with E-state index in [0.717, 1.165) is 0 Å². The minimum absolute atomic E-state index is 0.180. The number of aryl methyl sites for hydroxylation is 1. The molecule has 1 aliphatic heterocycles. The first-order valence-electron chi connectivity index (χ1n) is 7.92. The molecule has 0 unspecified atom stereocenters. The summed E-state index contributed by atoms with van der Waals surface area (Å²) in [7, 11) is 0.779. The summed E-state index contributed by atoms with van der Waals surface area (Å²) >= 11 is 0. The van der Waals surface area contributed by atoms with Crippen LogP contribution in [0.1, 0.15) is 33.5 Å². The van der Waals surface area contributed by atoms with Crippen LogP contribution in [0, 0.1) is 0 Å². The molecule has 2 aromatic rings. The van der Waals surface area contributed by atoms with Gasteiger partial charge in [0.05, 0.1) is 17.8 Å². The number of hydrogen-bond acceptors (Lipinski definition) is 6. The number of aliphatic hydroxyl groups excluding tert-OH is 1. The lowest BCUT2D eigenvalue weighted by molar-refractivity contribution is 0.00578. The molecule has 1 saturated heterocycles. The molecule has 0 saturated carbocycles. The quantitative estimate of drug-likeness (QED) is 0.669. The molecule has 0 radical (unpaired) electrons. The maximum Gasteiger partial charge on any atom is 0.493 e. The summed E-state index contributed by atoms with van der Waals surface area (Å²) in [6.07, 6.45) is 1.56. The van der Waals surface area contributed by atoms with Gasteiger partial charge in [0.1, 0.15) is 11.3 Å². The molecule has 0 atom stereocenters. The molecule has 0 aromatic carbocycles. The minimum Gasteiger partial charge on any atom is -0.400 e. The van der Waals surface area contributed by atoms with Gasteiger partial charge >= 0.3 is 12.8 Å². The number of rotatable bonds is 3. The highest BCUT2D eigenvalue weighted by atomic mass is 16.7. The number of hydrogen-bond donors (Lipinski definition) is 3. The number of aromatic amines is 2. The summed E-state index contributed by atoms with van der Waals surface area (Å²) in [6, 6.07) is 0. The third-order valence-electron chi connectivity index (χ3n) is 4.83. The van der Waals surface area contributed by atoms with E-state index < -0.39 is 29.6 Å². The van der Waals surface area contributed by atoms with E-state index in [-0.39, 0.29) is 17.8 Å². The average Bonchev–Trinajstić information content (AvgIpc) is 3.02. The molecule has 9 nitrogen and oxygen atoms in total. The molecule has 0 amide bonds. The van der Waals surface area contributed by atoms with E-state index in [4.69, 9.17) is 9.31 Å². The van der Waals surface area contributed by atoms with Crippen LogP contribution in [0.3, 0.4) is 0 Å². The SMILES string of the molecule is Cn1c(=O)[nH]c(=O)c2[nH]c(C=C(CO)B3OC(C)(C)C(C)(C)O3)nc21. The molecule has 134 valence electrons. The molecule has 25 heavy (non-hydrogen) atoms. The van der Waals surface area contributed by atoms with Crippen LogP contribution in [0.5, 0.6) is 0 Å². The first-order valence-corrected chi connectivity index (χ1v) is 7.92. The van der Waals surface area contributed by atoms with Crippen molar-refractivity contribution in [3.8, 4) is 0 Å². The predicted octanol–water partition coefficient (Wildman–Crippen LogP) is -0.0430. The van der Waals surface area contributed by atoms with Crippen molar-refractivity contribution < 1.29 is 14.4 Å². The van der Waals surface area contributed by atoms with Gasteiger partial charge in [0.25, 0.3) is 5.56 Å². The second-order valence-electron chi connectivity index (χ2n) is 7.10. The van der Waals surface area contributed by atoms with E-state index in [9.17, 15) is 14.7 Å². The number of nitrogens with zero attached hydrogens (tertiary/aromatic N) is 2. The van der Waals surface area contributed by atoms with Crippen LogP contribution in [0.25, 0.3) is 17.2 Å². The van der Waals surface area contributed by atoms with Gasteiger partial charge in [-0.1, -0.05) is 0 Å². The van der Waals surface area contributed by atoms with Crippen LogP contribution >= 0.6 is 0 Å². The smallest absolute Gasteiger partial charge is 0.400 e. The fourth-order valence-electron chi connectivity index (χ4n) is 2.55. The van der Waals surface area contributed by atoms with E-state index in [2.05, 4.69) is 15.0 Å². The lowest BCUT2D eigenvalue weighted by Gasteiger charge is -2.32. The van der Waals surface area contributed by atoms with Gasteiger partial charge in [-0.2, -0.15) is 0 Å². The summed E-state index contributed by atoms with van der Waals surface area (Å²) in [5.41, 5.74) is -1.31. The van der Waals surface area contributed by atoms with Crippen molar-refractivity contribution in [2.24, 2.45) is 7.05 Å². The van der Waals surface area contributed by atoms with Gasteiger partial charge in [0.2, 0.25) is 0 Å². The Balaban J connectivity index is 2.03. The summed E-state index contributed by atoms with van der Waals surface area (Å²) in [5.74, 6) is 0.320. The van der Waals surface area contributed by atoms with E-state index >= 15 is 0 Å². The summed E-state index contributed by atoms with van der Waals surface area (Å²) in [6.45, 7) is 7.36. The Kier molecular flexibility index (Phi) is 4.01. The monoisotopic (exact) mass is 348 g/mol. The molecule has 3 rings (SSSR count). The zero-order chi connectivity index (χ0) is 18.6. The number of fused-ring (bicyclic) bond motifs is 1. The largest absolute Gasteiger partial charge is 0.493 e. The van der Waals surface area contributed by atoms with Gasteiger partial charge in [-0.25, -0.2) is 9.78 Å². The predicted molar refractivity (Wildman–Crippen MR) is 93.1 cm³/mol. The second-order valence-corrected chi connectivity index (χ2v) is 7.10. The second kappa shape index (κ2) is 5.68. The average molecular weight is 348 g/mol. The van der Waals surface area contributed by atoms with E-state index in [1.165, 1.54) is 11.6 Å². The van der Waals surface area contributed by atoms with Gasteiger partial charge in [-0.05, 0) is 39.2 Å². The van der Waals surface area contributed by atoms with Crippen LogP contribution in [0.4, 0.5) is 0 Å². The summed E-state index contributed by atoms with van der Waals surface area (Å²) < 4.78 is 13.1. The number of H-pyrrole nitrogens is 2. The summed E-state index contributed by atoms with van der Waals surface area (Å²) in [5, 5.41) is 9.72. The van der Waals surface area contributed by atoms with Crippen molar-refractivity contribution in [3.63, 3.8) is 0 Å². The number of aromatic nitrogens is 4. The van der Waals surface area contributed by atoms with Crippen LogP contribution < -0.4 is 11.2 Å². The lowest BCUT2D eigenvalue weighted by atomic mass is 9.78. The number of aliphatic hydroxyl groups is 1. The fourth-order valence-corrected chi connectivity index (χ4v) is 2.55. The van der Waals surface area contributed by atoms with E-state index in [0.29, 0.717) is 11.3 Å². The maximum absolute atomic E-state index is 11.9.